The Morgan fingerprint density at radius 1 is 1.00 bits per heavy atom. The first-order valence-corrected chi connectivity index (χ1v) is 6.88. The molecule has 2 N–H and O–H groups in total. The van der Waals surface area contributed by atoms with Crippen LogP contribution < -0.4 is 5.56 Å². The number of hydrogen-bond acceptors (Lipinski definition) is 4. The average Bonchev–Trinajstić information content (AvgIpc) is 2.97. The number of aromatic nitrogens is 3. The minimum absolute atomic E-state index is 0.0277. The topological polar surface area (TPSA) is 105 Å². The van der Waals surface area contributed by atoms with Crippen LogP contribution in [-0.4, -0.2) is 19.9 Å². The number of non-ortho nitro benzene ring substituents is 1. The van der Waals surface area contributed by atoms with Crippen molar-refractivity contribution in [2.75, 3.05) is 0 Å². The Morgan fingerprint density at radius 2 is 1.83 bits per heavy atom. The Bertz CT molecular complexity index is 1090. The summed E-state index contributed by atoms with van der Waals surface area (Å²) in [6, 6.07) is 13.4. The second-order valence-corrected chi connectivity index (χ2v) is 5.14. The zero-order valence-electron chi connectivity index (χ0n) is 11.7. The number of para-hydroxylation sites is 2. The molecule has 0 fully saturated rings. The molecular weight excluding hydrogens is 296 g/mol. The number of nitro benzene ring substituents is 1. The molecule has 0 aliphatic carbocycles. The second kappa shape index (κ2) is 4.77. The number of pyridine rings is 1. The predicted molar refractivity (Wildman–Crippen MR) is 86.3 cm³/mol. The van der Waals surface area contributed by atoms with E-state index in [1.165, 1.54) is 18.2 Å². The Hall–Kier alpha value is -3.48. The van der Waals surface area contributed by atoms with Crippen molar-refractivity contribution in [3.63, 3.8) is 0 Å². The molecule has 0 saturated carbocycles. The van der Waals surface area contributed by atoms with Crippen LogP contribution in [0.3, 0.4) is 0 Å². The van der Waals surface area contributed by atoms with Gasteiger partial charge in [0, 0.05) is 23.0 Å². The van der Waals surface area contributed by atoms with Gasteiger partial charge in [-0.05, 0) is 24.3 Å². The number of nitro groups is 1. The fraction of sp³-hybridized carbons (Fsp3) is 0. The first kappa shape index (κ1) is 13.2. The lowest BCUT2D eigenvalue weighted by molar-refractivity contribution is -0.384. The van der Waals surface area contributed by atoms with Crippen molar-refractivity contribution >= 4 is 27.6 Å². The number of aromatic amines is 2. The third-order valence-electron chi connectivity index (χ3n) is 3.68. The Balaban J connectivity index is 1.96. The standard InChI is InChI=1S/C16H10N4O3/c21-16-11(15-17-13-3-1-2-4-14(13)18-15)8-9-7-10(20(22)23)5-6-12(9)19-16/h1-8H,(H,17,18)(H,19,21). The first-order chi connectivity index (χ1) is 11.1. The molecule has 0 amide bonds. The fourth-order valence-electron chi connectivity index (χ4n) is 2.56. The van der Waals surface area contributed by atoms with E-state index in [4.69, 9.17) is 0 Å². The highest BCUT2D eigenvalue weighted by atomic mass is 16.6. The fourth-order valence-corrected chi connectivity index (χ4v) is 2.56. The maximum atomic E-state index is 12.3. The van der Waals surface area contributed by atoms with Crippen molar-refractivity contribution in [1.82, 2.24) is 15.0 Å². The van der Waals surface area contributed by atoms with Crippen LogP contribution in [0.1, 0.15) is 0 Å². The van der Waals surface area contributed by atoms with Crippen molar-refractivity contribution in [2.45, 2.75) is 0 Å². The van der Waals surface area contributed by atoms with Gasteiger partial charge in [0.25, 0.3) is 11.2 Å². The number of imidazole rings is 1. The molecular formula is C16H10N4O3. The molecule has 0 bridgehead atoms. The monoisotopic (exact) mass is 306 g/mol. The second-order valence-electron chi connectivity index (χ2n) is 5.14. The van der Waals surface area contributed by atoms with E-state index in [1.54, 1.807) is 6.07 Å². The van der Waals surface area contributed by atoms with E-state index >= 15 is 0 Å². The van der Waals surface area contributed by atoms with Crippen molar-refractivity contribution in [1.29, 1.82) is 0 Å². The third-order valence-corrected chi connectivity index (χ3v) is 3.68. The van der Waals surface area contributed by atoms with Crippen molar-refractivity contribution in [3.8, 4) is 11.4 Å². The van der Waals surface area contributed by atoms with Crippen LogP contribution in [0.5, 0.6) is 0 Å². The Morgan fingerprint density at radius 3 is 2.61 bits per heavy atom. The van der Waals surface area contributed by atoms with E-state index in [-0.39, 0.29) is 11.2 Å². The van der Waals surface area contributed by atoms with Crippen molar-refractivity contribution in [2.24, 2.45) is 0 Å². The summed E-state index contributed by atoms with van der Waals surface area (Å²) < 4.78 is 0. The summed E-state index contributed by atoms with van der Waals surface area (Å²) in [6.07, 6.45) is 0. The predicted octanol–water partition coefficient (Wildman–Crippen LogP) is 2.98. The zero-order chi connectivity index (χ0) is 16.0. The maximum Gasteiger partial charge on any atom is 0.270 e. The maximum absolute atomic E-state index is 12.3. The summed E-state index contributed by atoms with van der Waals surface area (Å²) in [4.78, 5) is 32.9. The van der Waals surface area contributed by atoms with Crippen LogP contribution in [-0.2, 0) is 0 Å². The van der Waals surface area contributed by atoms with Gasteiger partial charge in [-0.2, -0.15) is 0 Å². The van der Waals surface area contributed by atoms with Gasteiger partial charge in [0.2, 0.25) is 0 Å². The minimum atomic E-state index is -0.467. The molecule has 23 heavy (non-hydrogen) atoms. The molecule has 112 valence electrons. The summed E-state index contributed by atoms with van der Waals surface area (Å²) in [5, 5.41) is 11.5. The van der Waals surface area contributed by atoms with Gasteiger partial charge >= 0.3 is 0 Å². The van der Waals surface area contributed by atoms with Gasteiger partial charge < -0.3 is 9.97 Å². The van der Waals surface area contributed by atoms with Crippen molar-refractivity contribution < 1.29 is 4.92 Å². The van der Waals surface area contributed by atoms with Gasteiger partial charge in [0.15, 0.2) is 0 Å². The van der Waals surface area contributed by atoms with Gasteiger partial charge in [-0.25, -0.2) is 4.98 Å². The normalized spacial score (nSPS) is 11.1. The van der Waals surface area contributed by atoms with E-state index < -0.39 is 4.92 Å². The van der Waals surface area contributed by atoms with E-state index in [1.807, 2.05) is 24.3 Å². The van der Waals surface area contributed by atoms with Crippen LogP contribution in [0.15, 0.2) is 53.3 Å². The number of nitrogens with zero attached hydrogens (tertiary/aromatic N) is 2. The molecule has 0 atom stereocenters. The van der Waals surface area contributed by atoms with E-state index in [2.05, 4.69) is 15.0 Å². The van der Waals surface area contributed by atoms with Gasteiger partial charge in [0.1, 0.15) is 5.82 Å². The molecule has 0 aliphatic heterocycles. The summed E-state index contributed by atoms with van der Waals surface area (Å²) in [5.74, 6) is 0.431. The first-order valence-electron chi connectivity index (χ1n) is 6.88. The van der Waals surface area contributed by atoms with Crippen molar-refractivity contribution in [3.05, 3.63) is 69.0 Å². The molecule has 7 nitrogen and oxygen atoms in total. The molecule has 2 aromatic carbocycles. The lowest BCUT2D eigenvalue weighted by atomic mass is 10.1. The number of rotatable bonds is 2. The highest BCUT2D eigenvalue weighted by molar-refractivity contribution is 5.86. The summed E-state index contributed by atoms with van der Waals surface area (Å²) in [5.41, 5.74) is 2.13. The quantitative estimate of drug-likeness (QED) is 0.438. The highest BCUT2D eigenvalue weighted by Gasteiger charge is 2.12. The average molecular weight is 306 g/mol. The SMILES string of the molecule is O=c1[nH]c2ccc([N+](=O)[O-])cc2cc1-c1nc2ccccc2[nH]1. The number of H-pyrrole nitrogens is 2. The number of benzene rings is 2. The summed E-state index contributed by atoms with van der Waals surface area (Å²) >= 11 is 0. The molecule has 7 heteroatoms. The lowest BCUT2D eigenvalue weighted by Gasteiger charge is -2.01. The molecule has 0 unspecified atom stereocenters. The summed E-state index contributed by atoms with van der Waals surface area (Å²) in [6.45, 7) is 0. The molecule has 0 spiro atoms. The molecule has 2 heterocycles. The van der Waals surface area contributed by atoms with E-state index in [9.17, 15) is 14.9 Å². The van der Waals surface area contributed by atoms with Crippen LogP contribution >= 0.6 is 0 Å². The number of hydrogen-bond donors (Lipinski definition) is 2. The third kappa shape index (κ3) is 2.15. The molecule has 4 aromatic rings. The van der Waals surface area contributed by atoms with Gasteiger partial charge in [-0.1, -0.05) is 12.1 Å². The Kier molecular flexibility index (Phi) is 2.74. The van der Waals surface area contributed by atoms with Crippen LogP contribution in [0.2, 0.25) is 0 Å². The van der Waals surface area contributed by atoms with Crippen LogP contribution in [0.4, 0.5) is 5.69 Å². The molecule has 2 aromatic heterocycles. The summed E-state index contributed by atoms with van der Waals surface area (Å²) in [7, 11) is 0. The molecule has 0 radical (unpaired) electrons. The number of fused-ring (bicyclic) bond motifs is 2. The van der Waals surface area contributed by atoms with Gasteiger partial charge in [0.05, 0.1) is 21.5 Å². The lowest BCUT2D eigenvalue weighted by Crippen LogP contribution is -2.09. The zero-order valence-corrected chi connectivity index (χ0v) is 11.7. The van der Waals surface area contributed by atoms with Gasteiger partial charge in [-0.15, -0.1) is 0 Å². The van der Waals surface area contributed by atoms with Crippen LogP contribution in [0, 0.1) is 10.1 Å². The molecule has 4 rings (SSSR count). The van der Waals surface area contributed by atoms with Gasteiger partial charge in [-0.3, -0.25) is 14.9 Å². The Labute approximate surface area is 128 Å². The minimum Gasteiger partial charge on any atom is -0.338 e. The van der Waals surface area contributed by atoms with E-state index in [0.717, 1.165) is 11.0 Å². The number of nitrogens with one attached hydrogen (secondary N) is 2. The van der Waals surface area contributed by atoms with E-state index in [0.29, 0.717) is 22.3 Å². The molecule has 0 aliphatic rings. The molecule has 0 saturated heterocycles. The smallest absolute Gasteiger partial charge is 0.270 e. The highest BCUT2D eigenvalue weighted by Crippen LogP contribution is 2.23. The van der Waals surface area contributed by atoms with Crippen LogP contribution in [0.25, 0.3) is 33.3 Å². The largest absolute Gasteiger partial charge is 0.338 e.